The molecule has 1 aromatic heterocycles. The topological polar surface area (TPSA) is 64.0 Å². The molecule has 1 saturated carbocycles. The van der Waals surface area contributed by atoms with Crippen LogP contribution in [0.4, 0.5) is 0 Å². The van der Waals surface area contributed by atoms with Gasteiger partial charge in [0.1, 0.15) is 5.82 Å². The van der Waals surface area contributed by atoms with Crippen molar-refractivity contribution in [3.63, 3.8) is 0 Å². The average Bonchev–Trinajstić information content (AvgIpc) is 3.42. The molecular formula is C23H29N3O2S. The molecule has 0 bridgehead atoms. The fraction of sp³-hybridized carbons (Fsp3) is 0.435. The molecule has 6 heteroatoms. The van der Waals surface area contributed by atoms with Gasteiger partial charge in [-0.25, -0.2) is 13.1 Å². The first-order chi connectivity index (χ1) is 13.6. The molecule has 0 spiro atoms. The zero-order valence-corrected chi connectivity index (χ0v) is 18.4. The minimum Gasteiger partial charge on any atom is -0.263 e. The fourth-order valence-electron chi connectivity index (χ4n) is 3.51. The van der Waals surface area contributed by atoms with E-state index in [4.69, 9.17) is 5.10 Å². The van der Waals surface area contributed by atoms with Crippen molar-refractivity contribution in [3.05, 3.63) is 65.0 Å². The van der Waals surface area contributed by atoms with Gasteiger partial charge in [-0.3, -0.25) is 4.72 Å². The third kappa shape index (κ3) is 4.32. The van der Waals surface area contributed by atoms with Gasteiger partial charge < -0.3 is 0 Å². The summed E-state index contributed by atoms with van der Waals surface area (Å²) < 4.78 is 30.7. The molecule has 154 valence electrons. The van der Waals surface area contributed by atoms with Gasteiger partial charge in [0.25, 0.3) is 10.0 Å². The lowest BCUT2D eigenvalue weighted by Gasteiger charge is -2.20. The number of hydrogen-bond donors (Lipinski definition) is 1. The summed E-state index contributed by atoms with van der Waals surface area (Å²) in [5.41, 5.74) is 4.42. The van der Waals surface area contributed by atoms with Crippen molar-refractivity contribution in [2.24, 2.45) is 0 Å². The number of benzene rings is 1. The SMILES string of the molecule is CC1=CC=C(NS(=O)(=O)c2ccc(C(C)(C)C)cc2)n2nc(C3CC3)cc2CC1. The van der Waals surface area contributed by atoms with Crippen LogP contribution in [0, 0.1) is 0 Å². The Balaban J connectivity index is 1.67. The van der Waals surface area contributed by atoms with E-state index in [0.717, 1.165) is 29.8 Å². The Morgan fingerprint density at radius 2 is 1.76 bits per heavy atom. The lowest BCUT2D eigenvalue weighted by molar-refractivity contribution is 0.583. The molecule has 29 heavy (non-hydrogen) atoms. The number of fused-ring (bicyclic) bond motifs is 1. The third-order valence-corrected chi connectivity index (χ3v) is 6.97. The maximum absolute atomic E-state index is 13.1. The molecule has 0 radical (unpaired) electrons. The highest BCUT2D eigenvalue weighted by molar-refractivity contribution is 7.89. The van der Waals surface area contributed by atoms with E-state index >= 15 is 0 Å². The van der Waals surface area contributed by atoms with E-state index in [1.165, 1.54) is 18.4 Å². The highest BCUT2D eigenvalue weighted by Gasteiger charge is 2.29. The minimum absolute atomic E-state index is 0.0245. The molecule has 0 saturated heterocycles. The van der Waals surface area contributed by atoms with Crippen LogP contribution in [0.2, 0.25) is 0 Å². The number of sulfonamides is 1. The largest absolute Gasteiger partial charge is 0.263 e. The van der Waals surface area contributed by atoms with E-state index in [1.807, 2.05) is 24.3 Å². The molecule has 2 aromatic rings. The number of aromatic nitrogens is 2. The molecule has 1 aliphatic heterocycles. The number of hydrogen-bond acceptors (Lipinski definition) is 3. The van der Waals surface area contributed by atoms with Gasteiger partial charge in [0.2, 0.25) is 0 Å². The maximum atomic E-state index is 13.1. The van der Waals surface area contributed by atoms with Crippen LogP contribution in [-0.2, 0) is 21.9 Å². The van der Waals surface area contributed by atoms with E-state index in [2.05, 4.69) is 38.5 Å². The van der Waals surface area contributed by atoms with Crippen LogP contribution < -0.4 is 4.72 Å². The van der Waals surface area contributed by atoms with E-state index in [-0.39, 0.29) is 10.3 Å². The predicted molar refractivity (Wildman–Crippen MR) is 116 cm³/mol. The fourth-order valence-corrected chi connectivity index (χ4v) is 4.56. The number of nitrogens with one attached hydrogen (secondary N) is 1. The lowest BCUT2D eigenvalue weighted by atomic mass is 9.87. The molecule has 1 aromatic carbocycles. The summed E-state index contributed by atoms with van der Waals surface area (Å²) in [4.78, 5) is 0.255. The van der Waals surface area contributed by atoms with Crippen LogP contribution in [0.15, 0.2) is 53.0 Å². The van der Waals surface area contributed by atoms with Gasteiger partial charge in [0, 0.05) is 11.6 Å². The van der Waals surface area contributed by atoms with E-state index in [1.54, 1.807) is 16.8 Å². The number of aryl methyl sites for hydroxylation is 1. The van der Waals surface area contributed by atoms with Gasteiger partial charge >= 0.3 is 0 Å². The predicted octanol–water partition coefficient (Wildman–Crippen LogP) is 4.73. The summed E-state index contributed by atoms with van der Waals surface area (Å²) in [5, 5.41) is 4.74. The molecule has 0 atom stereocenters. The first-order valence-electron chi connectivity index (χ1n) is 10.2. The smallest absolute Gasteiger partial charge is 0.263 e. The van der Waals surface area contributed by atoms with Gasteiger partial charge in [0.15, 0.2) is 0 Å². The highest BCUT2D eigenvalue weighted by atomic mass is 32.2. The van der Waals surface area contributed by atoms with Crippen molar-refractivity contribution < 1.29 is 8.42 Å². The summed E-state index contributed by atoms with van der Waals surface area (Å²) in [6.45, 7) is 8.40. The molecule has 2 heterocycles. The zero-order chi connectivity index (χ0) is 20.8. The number of rotatable bonds is 4. The van der Waals surface area contributed by atoms with E-state index in [0.29, 0.717) is 11.7 Å². The van der Waals surface area contributed by atoms with Gasteiger partial charge in [-0.15, -0.1) is 0 Å². The first-order valence-corrected chi connectivity index (χ1v) is 11.7. The van der Waals surface area contributed by atoms with E-state index in [9.17, 15) is 8.42 Å². The molecule has 2 aliphatic rings. The van der Waals surface area contributed by atoms with Gasteiger partial charge in [-0.05, 0) is 67.9 Å². The number of allylic oxidation sites excluding steroid dienone is 3. The lowest BCUT2D eigenvalue weighted by Crippen LogP contribution is -2.27. The Hall–Kier alpha value is -2.34. The van der Waals surface area contributed by atoms with Crippen molar-refractivity contribution >= 4 is 15.8 Å². The summed E-state index contributed by atoms with van der Waals surface area (Å²) in [6.07, 6.45) is 7.92. The molecule has 1 fully saturated rings. The Bertz CT molecular complexity index is 1080. The van der Waals surface area contributed by atoms with E-state index < -0.39 is 10.0 Å². The van der Waals surface area contributed by atoms with Gasteiger partial charge in [0.05, 0.1) is 10.6 Å². The van der Waals surface area contributed by atoms with Crippen LogP contribution in [0.1, 0.15) is 69.8 Å². The van der Waals surface area contributed by atoms with Crippen LogP contribution in [0.3, 0.4) is 0 Å². The van der Waals surface area contributed by atoms with Crippen LogP contribution in [-0.4, -0.2) is 18.2 Å². The average molecular weight is 412 g/mol. The molecule has 0 amide bonds. The van der Waals surface area contributed by atoms with Crippen molar-refractivity contribution in [1.82, 2.24) is 14.5 Å². The highest BCUT2D eigenvalue weighted by Crippen LogP contribution is 2.40. The standard InChI is InChI=1S/C23H29N3O2S/c1-16-5-11-19-15-21(17-7-8-17)24-26(19)22(14-6-16)25-29(27,28)20-12-9-18(10-13-20)23(2,3)4/h6,9-10,12-15,17,25H,5,7-8,11H2,1-4H3. The summed E-state index contributed by atoms with van der Waals surface area (Å²) in [5.74, 6) is 0.999. The Labute approximate surface area is 173 Å². The maximum Gasteiger partial charge on any atom is 0.263 e. The second kappa shape index (κ2) is 7.17. The van der Waals surface area contributed by atoms with Crippen LogP contribution >= 0.6 is 0 Å². The number of nitrogens with zero attached hydrogens (tertiary/aromatic N) is 2. The normalized spacial score (nSPS) is 17.7. The van der Waals surface area contributed by atoms with Gasteiger partial charge in [-0.2, -0.15) is 5.10 Å². The van der Waals surface area contributed by atoms with Gasteiger partial charge in [-0.1, -0.05) is 44.6 Å². The first kappa shape index (κ1) is 20.0. The van der Waals surface area contributed by atoms with Crippen molar-refractivity contribution in [3.8, 4) is 0 Å². The Morgan fingerprint density at radius 1 is 1.07 bits per heavy atom. The van der Waals surface area contributed by atoms with Crippen molar-refractivity contribution in [2.75, 3.05) is 0 Å². The van der Waals surface area contributed by atoms with Crippen LogP contribution in [0.25, 0.3) is 5.82 Å². The zero-order valence-electron chi connectivity index (χ0n) is 17.6. The molecule has 4 rings (SSSR count). The van der Waals surface area contributed by atoms with Crippen LogP contribution in [0.5, 0.6) is 0 Å². The third-order valence-electron chi connectivity index (χ3n) is 5.60. The quantitative estimate of drug-likeness (QED) is 0.791. The minimum atomic E-state index is -3.71. The summed E-state index contributed by atoms with van der Waals surface area (Å²) in [6, 6.07) is 9.25. The molecule has 1 aliphatic carbocycles. The molecule has 1 N–H and O–H groups in total. The molecular weight excluding hydrogens is 382 g/mol. The Morgan fingerprint density at radius 3 is 2.38 bits per heavy atom. The second-order valence-corrected chi connectivity index (χ2v) is 10.9. The monoisotopic (exact) mass is 411 g/mol. The van der Waals surface area contributed by atoms with Crippen molar-refractivity contribution in [2.45, 2.75) is 69.6 Å². The molecule has 0 unspecified atom stereocenters. The van der Waals surface area contributed by atoms with Crippen molar-refractivity contribution in [1.29, 1.82) is 0 Å². The summed E-state index contributed by atoms with van der Waals surface area (Å²) in [7, 11) is -3.71. The Kier molecular flexibility index (Phi) is 4.93. The second-order valence-electron chi connectivity index (χ2n) is 9.19. The molecule has 5 nitrogen and oxygen atoms in total. The summed E-state index contributed by atoms with van der Waals surface area (Å²) >= 11 is 0.